The summed E-state index contributed by atoms with van der Waals surface area (Å²) in [5.41, 5.74) is 1.37. The Morgan fingerprint density at radius 1 is 1.22 bits per heavy atom. The quantitative estimate of drug-likeness (QED) is 0.343. The minimum Gasteiger partial charge on any atom is -0.474 e. The first kappa shape index (κ1) is 30.9. The third kappa shape index (κ3) is 6.38. The molecule has 0 radical (unpaired) electrons. The maximum Gasteiger partial charge on any atom is 0.433 e. The number of nitrogens with one attached hydrogen (secondary N) is 1. The number of likely N-dealkylation sites (tertiary alicyclic amines) is 2. The first-order valence-electron chi connectivity index (χ1n) is 15.1. The number of hydrogen-bond acceptors (Lipinski definition) is 10. The van der Waals surface area contributed by atoms with E-state index in [0.717, 1.165) is 43.1 Å². The van der Waals surface area contributed by atoms with Crippen molar-refractivity contribution in [3.05, 3.63) is 54.3 Å². The molecule has 5 heterocycles. The van der Waals surface area contributed by atoms with Crippen LogP contribution in [0.3, 0.4) is 0 Å². The minimum absolute atomic E-state index is 0.0179. The average Bonchev–Trinajstić information content (AvgIpc) is 3.48. The van der Waals surface area contributed by atoms with Crippen molar-refractivity contribution in [1.82, 2.24) is 34.5 Å². The Labute approximate surface area is 259 Å². The molecule has 2 aliphatic heterocycles. The van der Waals surface area contributed by atoms with Gasteiger partial charge in [-0.1, -0.05) is 12.7 Å². The van der Waals surface area contributed by atoms with Gasteiger partial charge in [0.1, 0.15) is 23.9 Å². The van der Waals surface area contributed by atoms with E-state index in [4.69, 9.17) is 4.74 Å². The number of β-amino-alcohol motifs (C(OH)–C–C–N with tert-alkyl or cyclic N) is 1. The second kappa shape index (κ2) is 12.4. The lowest BCUT2D eigenvalue weighted by atomic mass is 9.69. The number of nitriles is 1. The molecule has 3 aromatic heterocycles. The van der Waals surface area contributed by atoms with Gasteiger partial charge < -0.3 is 15.2 Å². The van der Waals surface area contributed by atoms with Crippen LogP contribution in [-0.4, -0.2) is 91.1 Å². The van der Waals surface area contributed by atoms with Crippen LogP contribution in [0, 0.1) is 11.3 Å². The number of aliphatic hydroxyl groups excluding tert-OH is 1. The number of piperidine rings is 1. The van der Waals surface area contributed by atoms with E-state index >= 15 is 0 Å². The summed E-state index contributed by atoms with van der Waals surface area (Å²) in [6.45, 7) is 6.54. The van der Waals surface area contributed by atoms with Crippen molar-refractivity contribution in [3.63, 3.8) is 0 Å². The molecule has 45 heavy (non-hydrogen) atoms. The van der Waals surface area contributed by atoms with Gasteiger partial charge in [0.2, 0.25) is 5.88 Å². The van der Waals surface area contributed by atoms with Crippen molar-refractivity contribution in [2.24, 2.45) is 0 Å². The number of hydrogen-bond donors (Lipinski definition) is 2. The van der Waals surface area contributed by atoms with Crippen LogP contribution >= 0.6 is 0 Å². The Morgan fingerprint density at radius 3 is 2.62 bits per heavy atom. The van der Waals surface area contributed by atoms with E-state index in [1.165, 1.54) is 6.33 Å². The fraction of sp³-hybridized carbons (Fsp3) is 0.516. The predicted octanol–water partition coefficient (Wildman–Crippen LogP) is 3.93. The third-order valence-corrected chi connectivity index (χ3v) is 9.08. The summed E-state index contributed by atoms with van der Waals surface area (Å²) >= 11 is 0. The van der Waals surface area contributed by atoms with Gasteiger partial charge in [0.05, 0.1) is 36.0 Å². The molecule has 0 unspecified atom stereocenters. The Balaban J connectivity index is 1.08. The molecule has 0 amide bonds. The summed E-state index contributed by atoms with van der Waals surface area (Å²) in [5, 5.41) is 26.9. The zero-order valence-corrected chi connectivity index (χ0v) is 25.0. The van der Waals surface area contributed by atoms with E-state index in [-0.39, 0.29) is 18.0 Å². The van der Waals surface area contributed by atoms with E-state index in [0.29, 0.717) is 56.0 Å². The molecule has 11 nitrogen and oxygen atoms in total. The highest BCUT2D eigenvalue weighted by Gasteiger charge is 2.49. The highest BCUT2D eigenvalue weighted by atomic mass is 19.4. The Bertz CT molecular complexity index is 1570. The summed E-state index contributed by atoms with van der Waals surface area (Å²) in [6.07, 6.45) is 4.78. The molecule has 0 spiro atoms. The second-order valence-corrected chi connectivity index (χ2v) is 12.1. The molecule has 2 saturated heterocycles. The molecular weight excluding hydrogens is 587 g/mol. The van der Waals surface area contributed by atoms with Gasteiger partial charge in [-0.15, -0.1) is 0 Å². The number of aromatic nitrogens is 5. The molecule has 3 aromatic rings. The van der Waals surface area contributed by atoms with Gasteiger partial charge in [0.15, 0.2) is 0 Å². The van der Waals surface area contributed by atoms with Crippen molar-refractivity contribution in [3.8, 4) is 23.2 Å². The molecule has 3 aliphatic rings. The first-order chi connectivity index (χ1) is 21.6. The smallest absolute Gasteiger partial charge is 0.433 e. The Morgan fingerprint density at radius 2 is 1.98 bits per heavy atom. The van der Waals surface area contributed by atoms with Crippen LogP contribution in [0.1, 0.15) is 48.9 Å². The van der Waals surface area contributed by atoms with Crippen LogP contribution in [0.25, 0.3) is 17.3 Å². The maximum absolute atomic E-state index is 13.6. The zero-order valence-electron chi connectivity index (χ0n) is 25.0. The van der Waals surface area contributed by atoms with Gasteiger partial charge in [0, 0.05) is 69.2 Å². The van der Waals surface area contributed by atoms with Crippen LogP contribution in [0.5, 0.6) is 5.88 Å². The number of nitrogens with zero attached hydrogens (tertiary/aromatic N) is 8. The van der Waals surface area contributed by atoms with E-state index in [2.05, 4.69) is 42.9 Å². The number of ether oxygens (including phenoxy) is 1. The predicted molar refractivity (Wildman–Crippen MR) is 160 cm³/mol. The van der Waals surface area contributed by atoms with Gasteiger partial charge in [-0.05, 0) is 37.3 Å². The van der Waals surface area contributed by atoms with Crippen LogP contribution in [0.2, 0.25) is 0 Å². The number of pyridine rings is 1. The lowest BCUT2D eigenvalue weighted by molar-refractivity contribution is -0.141. The third-order valence-electron chi connectivity index (χ3n) is 9.08. The number of halogens is 3. The van der Waals surface area contributed by atoms with Gasteiger partial charge in [-0.2, -0.15) is 23.5 Å². The molecule has 0 bridgehead atoms. The fourth-order valence-corrected chi connectivity index (χ4v) is 6.67. The van der Waals surface area contributed by atoms with E-state index in [1.54, 1.807) is 25.4 Å². The number of aliphatic hydroxyl groups is 1. The SMILES string of the molecule is C=Cc1c(NC)ncnc1-c1cnn(C2(CC#N)CC(N3CCC(Oc4cc(CN5CC(O)C5)cc(C(F)(F)F)n4)CC3)C2)c1. The van der Waals surface area contributed by atoms with Crippen molar-refractivity contribution in [2.45, 2.75) is 68.6 Å². The van der Waals surface area contributed by atoms with Crippen LogP contribution < -0.4 is 10.1 Å². The van der Waals surface area contributed by atoms with E-state index in [9.17, 15) is 23.5 Å². The topological polar surface area (TPSA) is 128 Å². The molecule has 6 rings (SSSR count). The number of rotatable bonds is 10. The lowest BCUT2D eigenvalue weighted by Crippen LogP contribution is -2.58. The summed E-state index contributed by atoms with van der Waals surface area (Å²) in [7, 11) is 1.79. The van der Waals surface area contributed by atoms with Crippen LogP contribution in [0.15, 0.2) is 37.4 Å². The maximum atomic E-state index is 13.6. The molecule has 0 aromatic carbocycles. The molecule has 238 valence electrons. The van der Waals surface area contributed by atoms with Crippen molar-refractivity contribution in [1.29, 1.82) is 5.26 Å². The number of alkyl halides is 3. The first-order valence-corrected chi connectivity index (χ1v) is 15.1. The Kier molecular flexibility index (Phi) is 8.51. The van der Waals surface area contributed by atoms with Gasteiger partial charge >= 0.3 is 6.18 Å². The summed E-state index contributed by atoms with van der Waals surface area (Å²) in [4.78, 5) is 16.7. The van der Waals surface area contributed by atoms with Gasteiger partial charge in [-0.25, -0.2) is 15.0 Å². The highest BCUT2D eigenvalue weighted by Crippen LogP contribution is 2.46. The highest BCUT2D eigenvalue weighted by molar-refractivity contribution is 5.77. The normalized spacial score (nSPS) is 23.2. The molecule has 0 atom stereocenters. The molecule has 3 fully saturated rings. The van der Waals surface area contributed by atoms with Crippen molar-refractivity contribution >= 4 is 11.9 Å². The second-order valence-electron chi connectivity index (χ2n) is 12.1. The Hall–Kier alpha value is -4.06. The largest absolute Gasteiger partial charge is 0.474 e. The molecule has 2 N–H and O–H groups in total. The van der Waals surface area contributed by atoms with Gasteiger partial charge in [0.25, 0.3) is 0 Å². The summed E-state index contributed by atoms with van der Waals surface area (Å²) in [5.74, 6) is 0.651. The number of anilines is 1. The molecular formula is C31H36F3N9O2. The van der Waals surface area contributed by atoms with Crippen molar-refractivity contribution < 1.29 is 23.0 Å². The van der Waals surface area contributed by atoms with E-state index < -0.39 is 23.5 Å². The average molecular weight is 624 g/mol. The summed E-state index contributed by atoms with van der Waals surface area (Å²) < 4.78 is 48.7. The molecule has 1 aliphatic carbocycles. The standard InChI is InChI=1S/C31H36F3N9O2/c1-3-25-28(37-19-38-29(25)36-2)21-14-39-43(16-21)30(6-7-35)12-22(13-30)42-8-4-24(5-9-42)45-27-11-20(15-41-17-23(44)18-41)10-26(40-27)31(32,33)34/h3,10-11,14,16,19,22-24,44H,1,4-6,8-9,12-13,15,17-18H2,2H3,(H,36,37,38). The molecule has 1 saturated carbocycles. The van der Waals surface area contributed by atoms with Gasteiger partial charge in [-0.3, -0.25) is 14.5 Å². The summed E-state index contributed by atoms with van der Waals surface area (Å²) in [6, 6.07) is 5.23. The monoisotopic (exact) mass is 623 g/mol. The van der Waals surface area contributed by atoms with Crippen LogP contribution in [0.4, 0.5) is 19.0 Å². The molecule has 14 heteroatoms. The fourth-order valence-electron chi connectivity index (χ4n) is 6.67. The minimum atomic E-state index is -4.58. The van der Waals surface area contributed by atoms with E-state index in [1.807, 2.05) is 15.8 Å². The zero-order chi connectivity index (χ0) is 31.8. The van der Waals surface area contributed by atoms with Crippen LogP contribution in [-0.2, 0) is 18.3 Å². The van der Waals surface area contributed by atoms with Crippen molar-refractivity contribution in [2.75, 3.05) is 38.5 Å². The lowest BCUT2D eigenvalue weighted by Gasteiger charge is -2.52.